The van der Waals surface area contributed by atoms with Gasteiger partial charge in [0.05, 0.1) is 7.11 Å². The second-order valence-corrected chi connectivity index (χ2v) is 5.01. The van der Waals surface area contributed by atoms with Crippen LogP contribution in [-0.2, 0) is 6.54 Å². The van der Waals surface area contributed by atoms with Crippen LogP contribution in [0.2, 0.25) is 0 Å². The maximum Gasteiger partial charge on any atom is 0.212 e. The van der Waals surface area contributed by atoms with Crippen molar-refractivity contribution in [3.8, 4) is 5.88 Å². The van der Waals surface area contributed by atoms with Gasteiger partial charge in [0.2, 0.25) is 5.88 Å². The Morgan fingerprint density at radius 2 is 2.29 bits per heavy atom. The molecule has 0 spiro atoms. The predicted molar refractivity (Wildman–Crippen MR) is 69.0 cm³/mol. The molecule has 0 amide bonds. The minimum Gasteiger partial charge on any atom is -0.481 e. The zero-order valence-electron chi connectivity index (χ0n) is 10.8. The summed E-state index contributed by atoms with van der Waals surface area (Å²) in [5.41, 5.74) is 1.22. The first-order valence-electron chi connectivity index (χ1n) is 6.49. The van der Waals surface area contributed by atoms with Crippen LogP contribution in [0.3, 0.4) is 0 Å². The van der Waals surface area contributed by atoms with E-state index in [1.807, 2.05) is 12.3 Å². The van der Waals surface area contributed by atoms with Gasteiger partial charge in [0.15, 0.2) is 0 Å². The Hall–Kier alpha value is -1.09. The van der Waals surface area contributed by atoms with E-state index in [2.05, 4.69) is 23.3 Å². The summed E-state index contributed by atoms with van der Waals surface area (Å²) >= 11 is 0. The van der Waals surface area contributed by atoms with Crippen molar-refractivity contribution >= 4 is 0 Å². The van der Waals surface area contributed by atoms with E-state index in [0.29, 0.717) is 5.88 Å². The van der Waals surface area contributed by atoms with Gasteiger partial charge in [-0.3, -0.25) is 0 Å². The molecule has 1 saturated carbocycles. The van der Waals surface area contributed by atoms with Crippen LogP contribution in [0.1, 0.15) is 31.7 Å². The molecule has 3 heteroatoms. The first-order valence-corrected chi connectivity index (χ1v) is 6.49. The number of hydrogen-bond acceptors (Lipinski definition) is 3. The summed E-state index contributed by atoms with van der Waals surface area (Å²) in [6.45, 7) is 4.40. The molecule has 2 unspecified atom stereocenters. The highest BCUT2D eigenvalue weighted by Gasteiger charge is 2.22. The monoisotopic (exact) mass is 234 g/mol. The van der Waals surface area contributed by atoms with Crippen molar-refractivity contribution in [3.05, 3.63) is 23.9 Å². The van der Waals surface area contributed by atoms with Crippen LogP contribution in [0.5, 0.6) is 5.88 Å². The Labute approximate surface area is 104 Å². The molecule has 1 heterocycles. The Morgan fingerprint density at radius 1 is 1.41 bits per heavy atom. The second-order valence-electron chi connectivity index (χ2n) is 5.01. The molecule has 17 heavy (non-hydrogen) atoms. The molecule has 2 atom stereocenters. The van der Waals surface area contributed by atoms with Crippen LogP contribution >= 0.6 is 0 Å². The summed E-state index contributed by atoms with van der Waals surface area (Å²) in [6.07, 6.45) is 6.06. The summed E-state index contributed by atoms with van der Waals surface area (Å²) in [4.78, 5) is 4.20. The lowest BCUT2D eigenvalue weighted by Crippen LogP contribution is -2.23. The highest BCUT2D eigenvalue weighted by atomic mass is 16.5. The van der Waals surface area contributed by atoms with Crippen LogP contribution in [-0.4, -0.2) is 18.6 Å². The van der Waals surface area contributed by atoms with Crippen LogP contribution in [0.15, 0.2) is 18.3 Å². The molecule has 1 aliphatic carbocycles. The van der Waals surface area contributed by atoms with E-state index < -0.39 is 0 Å². The standard InChI is InChI=1S/C14H22N2O/c1-11-4-3-5-13(11)10-15-8-12-6-7-14(17-2)16-9-12/h6-7,9,11,13,15H,3-5,8,10H2,1-2H3. The Kier molecular flexibility index (Phi) is 4.37. The number of nitrogens with one attached hydrogen (secondary N) is 1. The largest absolute Gasteiger partial charge is 0.481 e. The highest BCUT2D eigenvalue weighted by Crippen LogP contribution is 2.30. The minimum atomic E-state index is 0.679. The van der Waals surface area contributed by atoms with Crippen molar-refractivity contribution in [1.82, 2.24) is 10.3 Å². The molecule has 0 radical (unpaired) electrons. The van der Waals surface area contributed by atoms with Gasteiger partial charge in [0, 0.05) is 18.8 Å². The van der Waals surface area contributed by atoms with Crippen molar-refractivity contribution in [2.75, 3.05) is 13.7 Å². The third-order valence-corrected chi connectivity index (χ3v) is 3.78. The highest BCUT2D eigenvalue weighted by molar-refractivity contribution is 5.17. The number of nitrogens with zero attached hydrogens (tertiary/aromatic N) is 1. The van der Waals surface area contributed by atoms with Crippen molar-refractivity contribution in [1.29, 1.82) is 0 Å². The summed E-state index contributed by atoms with van der Waals surface area (Å²) < 4.78 is 5.04. The Bertz CT molecular complexity index is 337. The molecular weight excluding hydrogens is 212 g/mol. The lowest BCUT2D eigenvalue weighted by atomic mass is 9.98. The predicted octanol–water partition coefficient (Wildman–Crippen LogP) is 2.62. The summed E-state index contributed by atoms with van der Waals surface area (Å²) in [5.74, 6) is 2.43. The summed E-state index contributed by atoms with van der Waals surface area (Å²) in [5, 5.41) is 3.53. The first kappa shape index (κ1) is 12.4. The van der Waals surface area contributed by atoms with Crippen LogP contribution in [0, 0.1) is 11.8 Å². The van der Waals surface area contributed by atoms with Crippen molar-refractivity contribution < 1.29 is 4.74 Å². The topological polar surface area (TPSA) is 34.1 Å². The smallest absolute Gasteiger partial charge is 0.212 e. The van der Waals surface area contributed by atoms with E-state index in [-0.39, 0.29) is 0 Å². The van der Waals surface area contributed by atoms with Crippen molar-refractivity contribution in [2.45, 2.75) is 32.7 Å². The van der Waals surface area contributed by atoms with Crippen LogP contribution in [0.25, 0.3) is 0 Å². The number of pyridine rings is 1. The van der Waals surface area contributed by atoms with E-state index in [9.17, 15) is 0 Å². The van der Waals surface area contributed by atoms with Gasteiger partial charge in [-0.05, 0) is 30.4 Å². The molecule has 94 valence electrons. The number of rotatable bonds is 5. The molecule has 1 aromatic rings. The molecule has 0 bridgehead atoms. The maximum atomic E-state index is 5.04. The van der Waals surface area contributed by atoms with Gasteiger partial charge in [-0.15, -0.1) is 0 Å². The fourth-order valence-corrected chi connectivity index (χ4v) is 2.56. The van der Waals surface area contributed by atoms with E-state index in [1.165, 1.54) is 24.8 Å². The lowest BCUT2D eigenvalue weighted by molar-refractivity contribution is 0.390. The third kappa shape index (κ3) is 3.43. The first-order chi connectivity index (χ1) is 8.29. The van der Waals surface area contributed by atoms with E-state index in [4.69, 9.17) is 4.74 Å². The van der Waals surface area contributed by atoms with Gasteiger partial charge in [-0.2, -0.15) is 0 Å². The summed E-state index contributed by atoms with van der Waals surface area (Å²) in [6, 6.07) is 3.98. The summed E-state index contributed by atoms with van der Waals surface area (Å²) in [7, 11) is 1.64. The molecule has 1 fully saturated rings. The van der Waals surface area contributed by atoms with E-state index >= 15 is 0 Å². The minimum absolute atomic E-state index is 0.679. The van der Waals surface area contributed by atoms with Crippen molar-refractivity contribution in [2.24, 2.45) is 11.8 Å². The van der Waals surface area contributed by atoms with Gasteiger partial charge < -0.3 is 10.1 Å². The Morgan fingerprint density at radius 3 is 2.88 bits per heavy atom. The molecule has 2 rings (SSSR count). The number of methoxy groups -OCH3 is 1. The zero-order chi connectivity index (χ0) is 12.1. The van der Waals surface area contributed by atoms with Gasteiger partial charge in [0.25, 0.3) is 0 Å². The van der Waals surface area contributed by atoms with E-state index in [0.717, 1.165) is 24.9 Å². The third-order valence-electron chi connectivity index (χ3n) is 3.78. The van der Waals surface area contributed by atoms with Crippen LogP contribution < -0.4 is 10.1 Å². The van der Waals surface area contributed by atoms with Crippen LogP contribution in [0.4, 0.5) is 0 Å². The fraction of sp³-hybridized carbons (Fsp3) is 0.643. The molecule has 1 aliphatic rings. The number of ether oxygens (including phenoxy) is 1. The SMILES string of the molecule is COc1ccc(CNCC2CCCC2C)cn1. The van der Waals surface area contributed by atoms with E-state index in [1.54, 1.807) is 7.11 Å². The fourth-order valence-electron chi connectivity index (χ4n) is 2.56. The maximum absolute atomic E-state index is 5.04. The molecule has 0 aromatic carbocycles. The van der Waals surface area contributed by atoms with Crippen molar-refractivity contribution in [3.63, 3.8) is 0 Å². The van der Waals surface area contributed by atoms with Gasteiger partial charge in [-0.25, -0.2) is 4.98 Å². The molecule has 1 aromatic heterocycles. The molecule has 3 nitrogen and oxygen atoms in total. The molecule has 1 N–H and O–H groups in total. The quantitative estimate of drug-likeness (QED) is 0.850. The molecular formula is C14H22N2O. The molecule has 0 saturated heterocycles. The number of aromatic nitrogens is 1. The molecule has 0 aliphatic heterocycles. The zero-order valence-corrected chi connectivity index (χ0v) is 10.8. The lowest BCUT2D eigenvalue weighted by Gasteiger charge is -2.15. The second kappa shape index (κ2) is 6.01. The normalized spacial score (nSPS) is 23.9. The van der Waals surface area contributed by atoms with Gasteiger partial charge >= 0.3 is 0 Å². The average molecular weight is 234 g/mol. The van der Waals surface area contributed by atoms with Gasteiger partial charge in [-0.1, -0.05) is 25.8 Å². The van der Waals surface area contributed by atoms with Gasteiger partial charge in [0.1, 0.15) is 0 Å². The number of hydrogen-bond donors (Lipinski definition) is 1. The average Bonchev–Trinajstić information content (AvgIpc) is 2.76. The Balaban J connectivity index is 1.73.